The predicted octanol–water partition coefficient (Wildman–Crippen LogP) is 1.97. The number of carbonyl (C=O) groups is 2. The fraction of sp³-hybridized carbons (Fsp3) is 0.818. The summed E-state index contributed by atoms with van der Waals surface area (Å²) in [5, 5.41) is 0. The van der Waals surface area contributed by atoms with Crippen LogP contribution >= 0.6 is 0 Å². The van der Waals surface area contributed by atoms with Gasteiger partial charge in [-0.1, -0.05) is 13.8 Å². The Morgan fingerprint density at radius 1 is 1.54 bits per heavy atom. The molecule has 2 fully saturated rings. The summed E-state index contributed by atoms with van der Waals surface area (Å²) < 4.78 is 0. The summed E-state index contributed by atoms with van der Waals surface area (Å²) in [5.41, 5.74) is -0.419. The SMILES string of the molecule is CC1(C)C(=O)C2(CC=O)CCC1C2. The molecule has 2 rings (SSSR count). The standard InChI is InChI=1S/C11H16O2/c1-10(2)8-3-4-11(7-8,5-6-12)9(10)13/h6,8H,3-5,7H2,1-2H3. The van der Waals surface area contributed by atoms with Gasteiger partial charge in [-0.25, -0.2) is 0 Å². The van der Waals surface area contributed by atoms with Crippen LogP contribution in [-0.2, 0) is 9.59 Å². The lowest BCUT2D eigenvalue weighted by atomic mass is 9.70. The lowest BCUT2D eigenvalue weighted by Gasteiger charge is -2.32. The van der Waals surface area contributed by atoms with Gasteiger partial charge in [0.2, 0.25) is 0 Å². The van der Waals surface area contributed by atoms with Crippen LogP contribution < -0.4 is 0 Å². The molecule has 0 N–H and O–H groups in total. The first-order valence-electron chi connectivity index (χ1n) is 5.01. The van der Waals surface area contributed by atoms with Crippen molar-refractivity contribution in [3.8, 4) is 0 Å². The molecule has 2 heteroatoms. The van der Waals surface area contributed by atoms with Crippen molar-refractivity contribution < 1.29 is 9.59 Å². The van der Waals surface area contributed by atoms with Gasteiger partial charge in [-0.05, 0) is 25.2 Å². The second-order valence-electron chi connectivity index (χ2n) is 5.14. The molecule has 0 amide bonds. The zero-order valence-corrected chi connectivity index (χ0v) is 8.30. The maximum absolute atomic E-state index is 12.0. The van der Waals surface area contributed by atoms with Crippen molar-refractivity contribution in [2.75, 3.05) is 0 Å². The van der Waals surface area contributed by atoms with Crippen molar-refractivity contribution in [2.45, 2.75) is 39.5 Å². The molecule has 2 bridgehead atoms. The van der Waals surface area contributed by atoms with Crippen molar-refractivity contribution in [3.05, 3.63) is 0 Å². The number of fused-ring (bicyclic) bond motifs is 2. The van der Waals surface area contributed by atoms with Crippen LogP contribution in [0.2, 0.25) is 0 Å². The summed E-state index contributed by atoms with van der Waals surface area (Å²) in [5.74, 6) is 0.864. The molecule has 0 heterocycles. The summed E-state index contributed by atoms with van der Waals surface area (Å²) in [6.45, 7) is 4.07. The number of carbonyl (C=O) groups excluding carboxylic acids is 2. The van der Waals surface area contributed by atoms with Crippen LogP contribution in [0.15, 0.2) is 0 Å². The van der Waals surface area contributed by atoms with E-state index in [0.717, 1.165) is 25.5 Å². The molecule has 2 aliphatic carbocycles. The summed E-state index contributed by atoms with van der Waals surface area (Å²) in [4.78, 5) is 22.6. The van der Waals surface area contributed by atoms with E-state index in [1.807, 2.05) is 13.8 Å². The average molecular weight is 180 g/mol. The zero-order chi connectivity index (χ0) is 9.69. The number of aldehydes is 1. The highest BCUT2D eigenvalue weighted by molar-refractivity contribution is 5.94. The number of Topliss-reactive ketones (excluding diaryl/α,β-unsaturated/α-hetero) is 1. The van der Waals surface area contributed by atoms with Crippen molar-refractivity contribution in [1.82, 2.24) is 0 Å². The van der Waals surface area contributed by atoms with Crippen LogP contribution in [0, 0.1) is 16.7 Å². The summed E-state index contributed by atoms with van der Waals surface area (Å²) >= 11 is 0. The predicted molar refractivity (Wildman–Crippen MR) is 49.2 cm³/mol. The van der Waals surface area contributed by atoms with E-state index in [2.05, 4.69) is 0 Å². The first kappa shape index (κ1) is 8.92. The van der Waals surface area contributed by atoms with Crippen LogP contribution in [0.4, 0.5) is 0 Å². The average Bonchev–Trinajstić information content (AvgIpc) is 2.55. The van der Waals surface area contributed by atoms with Gasteiger partial charge < -0.3 is 4.79 Å². The maximum atomic E-state index is 12.0. The zero-order valence-electron chi connectivity index (χ0n) is 8.30. The van der Waals surface area contributed by atoms with E-state index in [1.165, 1.54) is 0 Å². The third kappa shape index (κ3) is 0.946. The topological polar surface area (TPSA) is 34.1 Å². The summed E-state index contributed by atoms with van der Waals surface area (Å²) in [6.07, 6.45) is 4.40. The normalized spacial score (nSPS) is 41.1. The quantitative estimate of drug-likeness (QED) is 0.609. The van der Waals surface area contributed by atoms with Crippen LogP contribution in [0.1, 0.15) is 39.5 Å². The van der Waals surface area contributed by atoms with Gasteiger partial charge in [-0.3, -0.25) is 4.79 Å². The van der Waals surface area contributed by atoms with Gasteiger partial charge in [0.05, 0.1) is 0 Å². The third-order valence-electron chi connectivity index (χ3n) is 4.17. The molecule has 0 spiro atoms. The number of ketones is 1. The molecule has 0 aromatic heterocycles. The number of rotatable bonds is 2. The fourth-order valence-electron chi connectivity index (χ4n) is 3.25. The molecule has 2 unspecified atom stereocenters. The first-order chi connectivity index (χ1) is 6.03. The van der Waals surface area contributed by atoms with Gasteiger partial charge in [0, 0.05) is 17.3 Å². The molecule has 2 nitrogen and oxygen atoms in total. The van der Waals surface area contributed by atoms with Crippen LogP contribution in [0.5, 0.6) is 0 Å². The van der Waals surface area contributed by atoms with Crippen molar-refractivity contribution in [1.29, 1.82) is 0 Å². The lowest BCUT2D eigenvalue weighted by molar-refractivity contribution is -0.137. The molecule has 2 saturated carbocycles. The Morgan fingerprint density at radius 2 is 2.23 bits per heavy atom. The Hall–Kier alpha value is -0.660. The van der Waals surface area contributed by atoms with Crippen LogP contribution in [0.25, 0.3) is 0 Å². The first-order valence-corrected chi connectivity index (χ1v) is 5.01. The highest BCUT2D eigenvalue weighted by atomic mass is 16.1. The van der Waals surface area contributed by atoms with E-state index >= 15 is 0 Å². The Balaban J connectivity index is 2.34. The molecule has 13 heavy (non-hydrogen) atoms. The lowest BCUT2D eigenvalue weighted by Crippen LogP contribution is -2.37. The smallest absolute Gasteiger partial charge is 0.145 e. The summed E-state index contributed by atoms with van der Waals surface area (Å²) in [6, 6.07) is 0. The van der Waals surface area contributed by atoms with Gasteiger partial charge in [0.15, 0.2) is 0 Å². The Kier molecular flexibility index (Phi) is 1.67. The molecular formula is C11H16O2. The molecule has 0 aromatic carbocycles. The second-order valence-corrected chi connectivity index (χ2v) is 5.14. The van der Waals surface area contributed by atoms with Gasteiger partial charge in [0.25, 0.3) is 0 Å². The molecule has 2 aliphatic rings. The van der Waals surface area contributed by atoms with Crippen molar-refractivity contribution in [3.63, 3.8) is 0 Å². The Bertz CT molecular complexity index is 267. The minimum Gasteiger partial charge on any atom is -0.303 e. The van der Waals surface area contributed by atoms with Crippen molar-refractivity contribution >= 4 is 12.1 Å². The summed E-state index contributed by atoms with van der Waals surface area (Å²) in [7, 11) is 0. The molecule has 72 valence electrons. The fourth-order valence-corrected chi connectivity index (χ4v) is 3.25. The largest absolute Gasteiger partial charge is 0.303 e. The van der Waals surface area contributed by atoms with E-state index in [-0.39, 0.29) is 10.8 Å². The third-order valence-corrected chi connectivity index (χ3v) is 4.17. The Labute approximate surface area is 78.7 Å². The van der Waals surface area contributed by atoms with Crippen LogP contribution in [-0.4, -0.2) is 12.1 Å². The molecule has 2 atom stereocenters. The molecule has 0 radical (unpaired) electrons. The highest BCUT2D eigenvalue weighted by Crippen LogP contribution is 2.61. The molecule has 0 aromatic rings. The van der Waals surface area contributed by atoms with Gasteiger partial charge in [-0.2, -0.15) is 0 Å². The number of hydrogen-bond acceptors (Lipinski definition) is 2. The van der Waals surface area contributed by atoms with Gasteiger partial charge >= 0.3 is 0 Å². The van der Waals surface area contributed by atoms with Crippen molar-refractivity contribution in [2.24, 2.45) is 16.7 Å². The molecular weight excluding hydrogens is 164 g/mol. The van der Waals surface area contributed by atoms with E-state index in [4.69, 9.17) is 0 Å². The van der Waals surface area contributed by atoms with E-state index in [9.17, 15) is 9.59 Å². The highest BCUT2D eigenvalue weighted by Gasteiger charge is 2.60. The maximum Gasteiger partial charge on any atom is 0.145 e. The van der Waals surface area contributed by atoms with E-state index < -0.39 is 0 Å². The van der Waals surface area contributed by atoms with Gasteiger partial charge in [-0.15, -0.1) is 0 Å². The molecule has 0 aliphatic heterocycles. The van der Waals surface area contributed by atoms with Crippen LogP contribution in [0.3, 0.4) is 0 Å². The van der Waals surface area contributed by atoms with E-state index in [0.29, 0.717) is 18.1 Å². The monoisotopic (exact) mass is 180 g/mol. The second kappa shape index (κ2) is 2.43. The van der Waals surface area contributed by atoms with Gasteiger partial charge in [0.1, 0.15) is 12.1 Å². The minimum absolute atomic E-state index is 0.165. The molecule has 0 saturated heterocycles. The minimum atomic E-state index is -0.254. The number of hydrogen-bond donors (Lipinski definition) is 0. The Morgan fingerprint density at radius 3 is 2.69 bits per heavy atom. The van der Waals surface area contributed by atoms with E-state index in [1.54, 1.807) is 0 Å².